The summed E-state index contributed by atoms with van der Waals surface area (Å²) in [5.74, 6) is 1.37. The number of hydrogen-bond donors (Lipinski definition) is 3. The van der Waals surface area contributed by atoms with Gasteiger partial charge >= 0.3 is 0 Å². The highest BCUT2D eigenvalue weighted by atomic mass is 32.2. The van der Waals surface area contributed by atoms with Gasteiger partial charge in [-0.2, -0.15) is 4.31 Å². The summed E-state index contributed by atoms with van der Waals surface area (Å²) in [6, 6.07) is 14.9. The van der Waals surface area contributed by atoms with Crippen molar-refractivity contribution < 1.29 is 13.2 Å². The zero-order valence-electron chi connectivity index (χ0n) is 23.1. The van der Waals surface area contributed by atoms with Gasteiger partial charge in [-0.05, 0) is 53.1 Å². The monoisotopic (exact) mass is 536 g/mol. The number of fused-ring (bicyclic) bond motifs is 2. The lowest BCUT2D eigenvalue weighted by molar-refractivity contribution is 0.441. The standard InChI is InChI=1S/C30H40N4O3S/c1-6-9-10-14-30(4,5)21-15-20-16-25-26(29(32)33-28(25)31)19-24(20)27(17-21)37-22-12-11-13-23(18-22)38(35,36)34(7-2)8-3/h11-13,15-19,28H,6-10,14,31H2,1-5H3,(H2,32,33). The molecule has 0 saturated carbocycles. The number of hydrogen-bond acceptors (Lipinski definition) is 5. The number of nitrogens with one attached hydrogen (secondary N) is 2. The van der Waals surface area contributed by atoms with Crippen LogP contribution in [0.2, 0.25) is 0 Å². The van der Waals surface area contributed by atoms with E-state index in [4.69, 9.17) is 15.9 Å². The molecule has 0 bridgehead atoms. The molecule has 0 saturated heterocycles. The summed E-state index contributed by atoms with van der Waals surface area (Å²) in [7, 11) is -3.62. The predicted octanol–water partition coefficient (Wildman–Crippen LogP) is 6.41. The number of ether oxygens (including phenoxy) is 1. The van der Waals surface area contributed by atoms with Crippen LogP contribution in [0.25, 0.3) is 10.8 Å². The molecule has 0 aliphatic carbocycles. The number of sulfonamides is 1. The minimum Gasteiger partial charge on any atom is -0.457 e. The van der Waals surface area contributed by atoms with Crippen molar-refractivity contribution in [1.82, 2.24) is 9.62 Å². The van der Waals surface area contributed by atoms with Gasteiger partial charge in [0.05, 0.1) is 4.90 Å². The summed E-state index contributed by atoms with van der Waals surface area (Å²) >= 11 is 0. The van der Waals surface area contributed by atoms with E-state index >= 15 is 0 Å². The highest BCUT2D eigenvalue weighted by Gasteiger charge is 2.27. The highest BCUT2D eigenvalue weighted by molar-refractivity contribution is 7.89. The Morgan fingerprint density at radius 2 is 1.79 bits per heavy atom. The van der Waals surface area contributed by atoms with Crippen LogP contribution in [0, 0.1) is 5.41 Å². The fourth-order valence-corrected chi connectivity index (χ4v) is 6.65. The van der Waals surface area contributed by atoms with Crippen molar-refractivity contribution >= 4 is 26.6 Å². The lowest BCUT2D eigenvalue weighted by Crippen LogP contribution is -2.30. The van der Waals surface area contributed by atoms with E-state index in [1.165, 1.54) is 10.7 Å². The Labute approximate surface area is 226 Å². The van der Waals surface area contributed by atoms with Crippen LogP contribution in [0.15, 0.2) is 53.4 Å². The van der Waals surface area contributed by atoms with Crippen molar-refractivity contribution in [2.75, 3.05) is 13.1 Å². The first-order chi connectivity index (χ1) is 18.0. The molecule has 8 heteroatoms. The molecule has 7 nitrogen and oxygen atoms in total. The molecule has 1 unspecified atom stereocenters. The molecule has 4 rings (SSSR count). The Bertz CT molecular complexity index is 1450. The van der Waals surface area contributed by atoms with Crippen molar-refractivity contribution in [3.63, 3.8) is 0 Å². The molecular formula is C30H40N4O3S. The molecule has 0 amide bonds. The van der Waals surface area contributed by atoms with Gasteiger partial charge in [0.25, 0.3) is 0 Å². The Balaban J connectivity index is 1.83. The molecule has 0 radical (unpaired) electrons. The largest absolute Gasteiger partial charge is 0.457 e. The van der Waals surface area contributed by atoms with Gasteiger partial charge < -0.3 is 15.8 Å². The van der Waals surface area contributed by atoms with E-state index in [1.807, 2.05) is 26.0 Å². The van der Waals surface area contributed by atoms with Gasteiger partial charge in [-0.25, -0.2) is 8.42 Å². The molecule has 3 aromatic rings. The second-order valence-corrected chi connectivity index (χ2v) is 12.6. The average Bonchev–Trinajstić information content (AvgIpc) is 3.16. The van der Waals surface area contributed by atoms with E-state index in [1.54, 1.807) is 24.3 Å². The molecule has 1 heterocycles. The number of benzene rings is 3. The topological polar surface area (TPSA) is 109 Å². The predicted molar refractivity (Wildman–Crippen MR) is 155 cm³/mol. The van der Waals surface area contributed by atoms with Gasteiger partial charge in [-0.3, -0.25) is 5.41 Å². The molecule has 1 aliphatic rings. The third kappa shape index (κ3) is 5.44. The summed E-state index contributed by atoms with van der Waals surface area (Å²) in [6.07, 6.45) is 4.11. The molecule has 0 fully saturated rings. The summed E-state index contributed by atoms with van der Waals surface area (Å²) < 4.78 is 34.2. The Hall–Kier alpha value is -2.94. The molecule has 38 heavy (non-hydrogen) atoms. The lowest BCUT2D eigenvalue weighted by atomic mass is 9.79. The van der Waals surface area contributed by atoms with Crippen molar-refractivity contribution in [3.05, 3.63) is 65.2 Å². The fraction of sp³-hybridized carbons (Fsp3) is 0.433. The summed E-state index contributed by atoms with van der Waals surface area (Å²) in [6.45, 7) is 11.2. The van der Waals surface area contributed by atoms with E-state index in [2.05, 4.69) is 38.2 Å². The summed E-state index contributed by atoms with van der Waals surface area (Å²) in [5.41, 5.74) is 8.97. The van der Waals surface area contributed by atoms with E-state index in [9.17, 15) is 8.42 Å². The molecule has 1 aliphatic heterocycles. The third-order valence-corrected chi connectivity index (χ3v) is 9.60. The van der Waals surface area contributed by atoms with Gasteiger partial charge in [0, 0.05) is 35.7 Å². The first kappa shape index (κ1) is 28.1. The smallest absolute Gasteiger partial charge is 0.243 e. The number of amidine groups is 1. The Morgan fingerprint density at radius 1 is 1.05 bits per heavy atom. The first-order valence-electron chi connectivity index (χ1n) is 13.5. The van der Waals surface area contributed by atoms with Crippen LogP contribution in [0.1, 0.15) is 83.2 Å². The minimum absolute atomic E-state index is 0.0818. The average molecular weight is 537 g/mol. The molecule has 204 valence electrons. The number of nitrogens with two attached hydrogens (primary N) is 1. The van der Waals surface area contributed by atoms with Crippen LogP contribution >= 0.6 is 0 Å². The number of rotatable bonds is 11. The van der Waals surface area contributed by atoms with Crippen molar-refractivity contribution in [2.45, 2.75) is 76.8 Å². The molecule has 4 N–H and O–H groups in total. The van der Waals surface area contributed by atoms with Gasteiger partial charge in [0.1, 0.15) is 23.5 Å². The van der Waals surface area contributed by atoms with E-state index in [-0.39, 0.29) is 16.1 Å². The van der Waals surface area contributed by atoms with Crippen molar-refractivity contribution in [2.24, 2.45) is 5.73 Å². The van der Waals surface area contributed by atoms with Crippen LogP contribution in [0.4, 0.5) is 0 Å². The maximum Gasteiger partial charge on any atom is 0.243 e. The Kier molecular flexibility index (Phi) is 8.16. The lowest BCUT2D eigenvalue weighted by Gasteiger charge is -2.27. The van der Waals surface area contributed by atoms with Gasteiger partial charge in [0.15, 0.2) is 0 Å². The normalized spacial score (nSPS) is 15.7. The summed E-state index contributed by atoms with van der Waals surface area (Å²) in [4.78, 5) is 0.205. The second-order valence-electron chi connectivity index (χ2n) is 10.6. The van der Waals surface area contributed by atoms with Crippen LogP contribution < -0.4 is 15.8 Å². The maximum atomic E-state index is 13.1. The first-order valence-corrected chi connectivity index (χ1v) is 15.0. The molecule has 0 aromatic heterocycles. The van der Waals surface area contributed by atoms with Crippen LogP contribution in [0.5, 0.6) is 11.5 Å². The molecule has 3 aromatic carbocycles. The highest BCUT2D eigenvalue weighted by Crippen LogP contribution is 2.40. The van der Waals surface area contributed by atoms with Gasteiger partial charge in [-0.1, -0.05) is 66.0 Å². The van der Waals surface area contributed by atoms with E-state index in [0.717, 1.165) is 46.7 Å². The van der Waals surface area contributed by atoms with E-state index in [0.29, 0.717) is 24.6 Å². The zero-order valence-corrected chi connectivity index (χ0v) is 23.9. The number of unbranched alkanes of at least 4 members (excludes halogenated alkanes) is 2. The SMILES string of the molecule is CCCCCC(C)(C)c1cc(Oc2cccc(S(=O)(=O)N(CC)CC)c2)c2cc3c(cc2c1)C(N)NC3=N. The van der Waals surface area contributed by atoms with E-state index < -0.39 is 16.2 Å². The quantitative estimate of drug-likeness (QED) is 0.246. The maximum absolute atomic E-state index is 13.1. The van der Waals surface area contributed by atoms with Crippen LogP contribution in [-0.2, 0) is 15.4 Å². The molecule has 1 atom stereocenters. The Morgan fingerprint density at radius 3 is 2.47 bits per heavy atom. The third-order valence-electron chi connectivity index (χ3n) is 7.55. The van der Waals surface area contributed by atoms with Crippen LogP contribution in [-0.4, -0.2) is 31.6 Å². The number of nitrogens with zero attached hydrogens (tertiary/aromatic N) is 1. The second kappa shape index (κ2) is 11.0. The minimum atomic E-state index is -3.62. The van der Waals surface area contributed by atoms with Gasteiger partial charge in [-0.15, -0.1) is 0 Å². The van der Waals surface area contributed by atoms with Crippen molar-refractivity contribution in [1.29, 1.82) is 5.41 Å². The zero-order chi connectivity index (χ0) is 27.7. The fourth-order valence-electron chi connectivity index (χ4n) is 5.15. The van der Waals surface area contributed by atoms with Crippen molar-refractivity contribution in [3.8, 4) is 11.5 Å². The molecule has 0 spiro atoms. The van der Waals surface area contributed by atoms with Crippen LogP contribution in [0.3, 0.4) is 0 Å². The van der Waals surface area contributed by atoms with Gasteiger partial charge in [0.2, 0.25) is 10.0 Å². The summed E-state index contributed by atoms with van der Waals surface area (Å²) in [5, 5.41) is 13.2. The molecular weight excluding hydrogens is 496 g/mol.